The van der Waals surface area contributed by atoms with Gasteiger partial charge in [-0.25, -0.2) is 0 Å². The predicted molar refractivity (Wildman–Crippen MR) is 119 cm³/mol. The fourth-order valence-electron chi connectivity index (χ4n) is 3.44. The SMILES string of the molecule is CC(NC(=O)c1ccc(-c2cccc3cccc(Br)c23)cc1)c1ccccc1. The van der Waals surface area contributed by atoms with Gasteiger partial charge in [0.1, 0.15) is 0 Å². The van der Waals surface area contributed by atoms with Gasteiger partial charge in [0.05, 0.1) is 6.04 Å². The van der Waals surface area contributed by atoms with Gasteiger partial charge in [-0.2, -0.15) is 0 Å². The molecule has 138 valence electrons. The van der Waals surface area contributed by atoms with Crippen molar-refractivity contribution in [3.05, 3.63) is 107 Å². The Morgan fingerprint density at radius 3 is 2.21 bits per heavy atom. The first-order valence-electron chi connectivity index (χ1n) is 9.27. The average molecular weight is 430 g/mol. The van der Waals surface area contributed by atoms with Crippen LogP contribution in [0.1, 0.15) is 28.9 Å². The van der Waals surface area contributed by atoms with Gasteiger partial charge < -0.3 is 5.32 Å². The Kier molecular flexibility index (Phi) is 5.27. The molecule has 4 aromatic rings. The first-order chi connectivity index (χ1) is 13.6. The highest BCUT2D eigenvalue weighted by atomic mass is 79.9. The zero-order valence-corrected chi connectivity index (χ0v) is 17.1. The van der Waals surface area contributed by atoms with Gasteiger partial charge in [0.25, 0.3) is 5.91 Å². The number of halogens is 1. The van der Waals surface area contributed by atoms with Gasteiger partial charge in [0, 0.05) is 15.4 Å². The lowest BCUT2D eigenvalue weighted by atomic mass is 9.97. The average Bonchev–Trinajstić information content (AvgIpc) is 2.74. The summed E-state index contributed by atoms with van der Waals surface area (Å²) in [5.74, 6) is -0.0676. The lowest BCUT2D eigenvalue weighted by Gasteiger charge is -2.15. The van der Waals surface area contributed by atoms with Crippen LogP contribution in [-0.4, -0.2) is 5.91 Å². The highest BCUT2D eigenvalue weighted by Gasteiger charge is 2.12. The lowest BCUT2D eigenvalue weighted by Crippen LogP contribution is -2.26. The molecule has 0 saturated carbocycles. The van der Waals surface area contributed by atoms with Crippen molar-refractivity contribution >= 4 is 32.6 Å². The minimum atomic E-state index is -0.0676. The molecule has 28 heavy (non-hydrogen) atoms. The highest BCUT2D eigenvalue weighted by Crippen LogP contribution is 2.34. The third kappa shape index (κ3) is 3.71. The van der Waals surface area contributed by atoms with E-state index in [2.05, 4.69) is 51.6 Å². The topological polar surface area (TPSA) is 29.1 Å². The molecule has 1 N–H and O–H groups in total. The normalized spacial score (nSPS) is 11.9. The maximum absolute atomic E-state index is 12.6. The molecule has 0 saturated heterocycles. The van der Waals surface area contributed by atoms with E-state index in [0.717, 1.165) is 21.2 Å². The van der Waals surface area contributed by atoms with E-state index in [-0.39, 0.29) is 11.9 Å². The first kappa shape index (κ1) is 18.5. The van der Waals surface area contributed by atoms with E-state index in [1.807, 2.05) is 67.6 Å². The van der Waals surface area contributed by atoms with E-state index in [9.17, 15) is 4.79 Å². The summed E-state index contributed by atoms with van der Waals surface area (Å²) >= 11 is 3.67. The quantitative estimate of drug-likeness (QED) is 0.381. The molecule has 4 aromatic carbocycles. The molecule has 0 aliphatic carbocycles. The number of fused-ring (bicyclic) bond motifs is 1. The smallest absolute Gasteiger partial charge is 0.251 e. The molecule has 2 nitrogen and oxygen atoms in total. The lowest BCUT2D eigenvalue weighted by molar-refractivity contribution is 0.0940. The fraction of sp³-hybridized carbons (Fsp3) is 0.0800. The Balaban J connectivity index is 1.59. The highest BCUT2D eigenvalue weighted by molar-refractivity contribution is 9.10. The van der Waals surface area contributed by atoms with Crippen LogP contribution >= 0.6 is 15.9 Å². The number of carbonyl (C=O) groups excluding carboxylic acids is 1. The molecule has 0 fully saturated rings. The third-order valence-corrected chi connectivity index (χ3v) is 5.62. The summed E-state index contributed by atoms with van der Waals surface area (Å²) in [5, 5.41) is 5.43. The number of hydrogen-bond acceptors (Lipinski definition) is 1. The molecule has 1 atom stereocenters. The van der Waals surface area contributed by atoms with E-state index in [1.165, 1.54) is 10.8 Å². The van der Waals surface area contributed by atoms with Gasteiger partial charge in [-0.3, -0.25) is 4.79 Å². The Morgan fingerprint density at radius 2 is 1.50 bits per heavy atom. The molecule has 0 aromatic heterocycles. The largest absolute Gasteiger partial charge is 0.346 e. The van der Waals surface area contributed by atoms with E-state index >= 15 is 0 Å². The van der Waals surface area contributed by atoms with Crippen LogP contribution in [0, 0.1) is 0 Å². The van der Waals surface area contributed by atoms with Crippen LogP contribution in [0.3, 0.4) is 0 Å². The minimum absolute atomic E-state index is 0.0394. The van der Waals surface area contributed by atoms with Gasteiger partial charge in [-0.05, 0) is 47.2 Å². The van der Waals surface area contributed by atoms with Crippen molar-refractivity contribution in [3.63, 3.8) is 0 Å². The van der Waals surface area contributed by atoms with Crippen molar-refractivity contribution in [3.8, 4) is 11.1 Å². The molecule has 0 aliphatic rings. The zero-order valence-electron chi connectivity index (χ0n) is 15.5. The van der Waals surface area contributed by atoms with Crippen molar-refractivity contribution in [2.24, 2.45) is 0 Å². The maximum Gasteiger partial charge on any atom is 0.251 e. The molecular formula is C25H20BrNO. The van der Waals surface area contributed by atoms with Gasteiger partial charge in [0.2, 0.25) is 0 Å². The standard InChI is InChI=1S/C25H20BrNO/c1-17(18-7-3-2-4-8-18)27-25(28)21-15-13-19(14-16-21)22-11-5-9-20-10-6-12-23(26)24(20)22/h2-17H,1H3,(H,27,28). The number of benzene rings is 4. The Morgan fingerprint density at radius 1 is 0.821 bits per heavy atom. The molecule has 0 radical (unpaired) electrons. The molecule has 0 bridgehead atoms. The van der Waals surface area contributed by atoms with Crippen LogP contribution in [0.25, 0.3) is 21.9 Å². The van der Waals surface area contributed by atoms with Crippen molar-refractivity contribution in [2.45, 2.75) is 13.0 Å². The summed E-state index contributed by atoms with van der Waals surface area (Å²) in [6.45, 7) is 2.00. The zero-order chi connectivity index (χ0) is 19.5. The first-order valence-corrected chi connectivity index (χ1v) is 10.1. The monoisotopic (exact) mass is 429 g/mol. The molecule has 1 amide bonds. The van der Waals surface area contributed by atoms with Gasteiger partial charge in [0.15, 0.2) is 0 Å². The maximum atomic E-state index is 12.6. The van der Waals surface area contributed by atoms with Crippen LogP contribution in [0.4, 0.5) is 0 Å². The number of rotatable bonds is 4. The Bertz CT molecular complexity index is 1120. The Hall–Kier alpha value is -2.91. The van der Waals surface area contributed by atoms with E-state index in [0.29, 0.717) is 5.56 Å². The Labute approximate surface area is 173 Å². The van der Waals surface area contributed by atoms with E-state index in [4.69, 9.17) is 0 Å². The molecule has 0 spiro atoms. The van der Waals surface area contributed by atoms with Crippen LogP contribution in [0.5, 0.6) is 0 Å². The summed E-state index contributed by atoms with van der Waals surface area (Å²) < 4.78 is 1.07. The second-order valence-electron chi connectivity index (χ2n) is 6.83. The second-order valence-corrected chi connectivity index (χ2v) is 7.68. The molecular weight excluding hydrogens is 410 g/mol. The predicted octanol–water partition coefficient (Wildman–Crippen LogP) is 6.76. The molecule has 0 heterocycles. The summed E-state index contributed by atoms with van der Waals surface area (Å²) in [6.07, 6.45) is 0. The van der Waals surface area contributed by atoms with Crippen LogP contribution in [0.15, 0.2) is 95.5 Å². The van der Waals surface area contributed by atoms with Crippen LogP contribution in [-0.2, 0) is 0 Å². The van der Waals surface area contributed by atoms with Crippen molar-refractivity contribution in [1.29, 1.82) is 0 Å². The second kappa shape index (κ2) is 7.99. The molecule has 4 rings (SSSR count). The van der Waals surface area contributed by atoms with Crippen LogP contribution in [0.2, 0.25) is 0 Å². The van der Waals surface area contributed by atoms with Crippen molar-refractivity contribution in [1.82, 2.24) is 5.32 Å². The summed E-state index contributed by atoms with van der Waals surface area (Å²) in [4.78, 5) is 12.6. The van der Waals surface area contributed by atoms with Gasteiger partial charge >= 0.3 is 0 Å². The molecule has 3 heteroatoms. The third-order valence-electron chi connectivity index (χ3n) is 4.96. The van der Waals surface area contributed by atoms with Crippen LogP contribution < -0.4 is 5.32 Å². The number of amides is 1. The number of carbonyl (C=O) groups is 1. The fourth-order valence-corrected chi connectivity index (χ4v) is 4.04. The summed E-state index contributed by atoms with van der Waals surface area (Å²) in [7, 11) is 0. The van der Waals surface area contributed by atoms with Gasteiger partial charge in [-0.15, -0.1) is 0 Å². The summed E-state index contributed by atoms with van der Waals surface area (Å²) in [5.41, 5.74) is 3.98. The van der Waals surface area contributed by atoms with E-state index < -0.39 is 0 Å². The summed E-state index contributed by atoms with van der Waals surface area (Å²) in [6, 6.07) is 30.2. The van der Waals surface area contributed by atoms with Gasteiger partial charge in [-0.1, -0.05) is 88.7 Å². The van der Waals surface area contributed by atoms with Crippen molar-refractivity contribution < 1.29 is 4.79 Å². The van der Waals surface area contributed by atoms with Crippen molar-refractivity contribution in [2.75, 3.05) is 0 Å². The number of nitrogens with one attached hydrogen (secondary N) is 1. The van der Waals surface area contributed by atoms with E-state index in [1.54, 1.807) is 0 Å². The minimum Gasteiger partial charge on any atom is -0.346 e. The molecule has 0 aliphatic heterocycles. The molecule has 1 unspecified atom stereocenters. The number of hydrogen-bond donors (Lipinski definition) is 1.